The lowest BCUT2D eigenvalue weighted by molar-refractivity contribution is -0.151. The minimum Gasteiger partial charge on any atom is -0.489 e. The Morgan fingerprint density at radius 3 is 2.61 bits per heavy atom. The molecule has 0 spiro atoms. The van der Waals surface area contributed by atoms with Gasteiger partial charge in [0.25, 0.3) is 0 Å². The van der Waals surface area contributed by atoms with Gasteiger partial charge < -0.3 is 15.2 Å². The molecular weight excluding hydrogens is 356 g/mol. The van der Waals surface area contributed by atoms with Gasteiger partial charge in [0, 0.05) is 24.5 Å². The highest BCUT2D eigenvalue weighted by molar-refractivity contribution is 5.80. The van der Waals surface area contributed by atoms with E-state index in [0.29, 0.717) is 25.2 Å². The maximum atomic E-state index is 12.4. The summed E-state index contributed by atoms with van der Waals surface area (Å²) in [5, 5.41) is 12.4. The van der Waals surface area contributed by atoms with Crippen molar-refractivity contribution in [3.63, 3.8) is 0 Å². The molecule has 1 amide bonds. The van der Waals surface area contributed by atoms with Crippen LogP contribution in [0.25, 0.3) is 0 Å². The van der Waals surface area contributed by atoms with Crippen molar-refractivity contribution in [2.24, 2.45) is 5.41 Å². The second-order valence-electron chi connectivity index (χ2n) is 7.40. The summed E-state index contributed by atoms with van der Waals surface area (Å²) >= 11 is 0. The lowest BCUT2D eigenvalue weighted by Gasteiger charge is -2.33. The number of nitrogens with one attached hydrogen (secondary N) is 1. The molecule has 28 heavy (non-hydrogen) atoms. The molecule has 0 saturated heterocycles. The fourth-order valence-electron chi connectivity index (χ4n) is 3.61. The fraction of sp³-hybridized carbons (Fsp3) is 0.409. The maximum Gasteiger partial charge on any atom is 0.311 e. The van der Waals surface area contributed by atoms with Gasteiger partial charge in [-0.3, -0.25) is 14.6 Å². The van der Waals surface area contributed by atoms with E-state index in [4.69, 9.17) is 4.74 Å². The monoisotopic (exact) mass is 382 g/mol. The summed E-state index contributed by atoms with van der Waals surface area (Å²) in [7, 11) is 0. The van der Waals surface area contributed by atoms with E-state index in [2.05, 4.69) is 10.3 Å². The first-order valence-electron chi connectivity index (χ1n) is 9.68. The number of carboxylic acid groups (broad SMARTS) is 1. The van der Waals surface area contributed by atoms with Gasteiger partial charge in [-0.1, -0.05) is 37.5 Å². The first-order valence-corrected chi connectivity index (χ1v) is 9.68. The lowest BCUT2D eigenvalue weighted by atomic mass is 9.74. The van der Waals surface area contributed by atoms with Crippen molar-refractivity contribution in [1.82, 2.24) is 10.3 Å². The van der Waals surface area contributed by atoms with Crippen LogP contribution in [-0.4, -0.2) is 28.5 Å². The molecule has 0 atom stereocenters. The zero-order valence-corrected chi connectivity index (χ0v) is 15.9. The molecule has 148 valence electrons. The Hall–Kier alpha value is -2.89. The predicted octanol–water partition coefficient (Wildman–Crippen LogP) is 3.35. The Morgan fingerprint density at radius 1 is 1.11 bits per heavy atom. The van der Waals surface area contributed by atoms with Crippen LogP contribution in [0.5, 0.6) is 5.75 Å². The highest BCUT2D eigenvalue weighted by Crippen LogP contribution is 2.36. The minimum atomic E-state index is -0.817. The number of pyridine rings is 1. The summed E-state index contributed by atoms with van der Waals surface area (Å²) in [6.45, 7) is 0.600. The largest absolute Gasteiger partial charge is 0.489 e. The molecule has 1 aromatic heterocycles. The summed E-state index contributed by atoms with van der Waals surface area (Å²) in [6.07, 6.45) is 7.78. The average molecular weight is 382 g/mol. The van der Waals surface area contributed by atoms with Crippen molar-refractivity contribution in [3.8, 4) is 5.75 Å². The summed E-state index contributed by atoms with van der Waals surface area (Å²) in [5.74, 6) is -0.294. The number of aromatic nitrogens is 1. The van der Waals surface area contributed by atoms with Gasteiger partial charge in [-0.15, -0.1) is 0 Å². The van der Waals surface area contributed by atoms with Crippen molar-refractivity contribution < 1.29 is 19.4 Å². The molecule has 2 aromatic rings. The first kappa shape index (κ1) is 19.9. The van der Waals surface area contributed by atoms with Crippen LogP contribution in [0.1, 0.15) is 43.2 Å². The van der Waals surface area contributed by atoms with Gasteiger partial charge in [-0.2, -0.15) is 0 Å². The SMILES string of the molecule is O=C(Cc1cccc(OCc2cccnc2)c1)NCC1(C(=O)O)CCCCC1. The molecule has 6 nitrogen and oxygen atoms in total. The quantitative estimate of drug-likeness (QED) is 0.731. The van der Waals surface area contributed by atoms with Gasteiger partial charge >= 0.3 is 5.97 Å². The normalized spacial score (nSPS) is 15.6. The van der Waals surface area contributed by atoms with Gasteiger partial charge in [0.2, 0.25) is 5.91 Å². The molecule has 2 N–H and O–H groups in total. The molecule has 0 aliphatic heterocycles. The van der Waals surface area contributed by atoms with Crippen LogP contribution >= 0.6 is 0 Å². The van der Waals surface area contributed by atoms with Crippen LogP contribution < -0.4 is 10.1 Å². The van der Waals surface area contributed by atoms with E-state index in [0.717, 1.165) is 30.4 Å². The van der Waals surface area contributed by atoms with E-state index < -0.39 is 11.4 Å². The number of benzene rings is 1. The summed E-state index contributed by atoms with van der Waals surface area (Å²) in [5.41, 5.74) is 0.981. The van der Waals surface area contributed by atoms with Gasteiger partial charge in [0.15, 0.2) is 0 Å². The number of carbonyl (C=O) groups is 2. The van der Waals surface area contributed by atoms with Crippen LogP contribution in [0.15, 0.2) is 48.8 Å². The maximum absolute atomic E-state index is 12.4. The summed E-state index contributed by atoms with van der Waals surface area (Å²) in [6, 6.07) is 11.2. The molecule has 0 unspecified atom stereocenters. The van der Waals surface area contributed by atoms with Crippen LogP contribution in [0.2, 0.25) is 0 Å². The van der Waals surface area contributed by atoms with E-state index in [9.17, 15) is 14.7 Å². The second kappa shape index (κ2) is 9.35. The minimum absolute atomic E-state index is 0.171. The van der Waals surface area contributed by atoms with E-state index in [-0.39, 0.29) is 18.9 Å². The van der Waals surface area contributed by atoms with Gasteiger partial charge in [-0.25, -0.2) is 0 Å². The molecule has 0 radical (unpaired) electrons. The number of amides is 1. The predicted molar refractivity (Wildman–Crippen MR) is 105 cm³/mol. The standard InChI is InChI=1S/C22H26N2O4/c25-20(24-16-22(21(26)27)9-2-1-3-10-22)13-17-6-4-8-19(12-17)28-15-18-7-5-11-23-14-18/h4-8,11-12,14H,1-3,9-10,13,15-16H2,(H,24,25)(H,26,27). The Morgan fingerprint density at radius 2 is 1.89 bits per heavy atom. The highest BCUT2D eigenvalue weighted by atomic mass is 16.5. The van der Waals surface area contributed by atoms with Gasteiger partial charge in [-0.05, 0) is 36.6 Å². The van der Waals surface area contributed by atoms with Gasteiger partial charge in [0.1, 0.15) is 12.4 Å². The summed E-state index contributed by atoms with van der Waals surface area (Å²) < 4.78 is 5.77. The molecule has 1 aliphatic rings. The molecular formula is C22H26N2O4. The lowest BCUT2D eigenvalue weighted by Crippen LogP contribution is -2.44. The number of nitrogens with zero attached hydrogens (tertiary/aromatic N) is 1. The molecule has 1 fully saturated rings. The van der Waals surface area contributed by atoms with Crippen LogP contribution in [0.3, 0.4) is 0 Å². The van der Waals surface area contributed by atoms with Crippen molar-refractivity contribution in [2.75, 3.05) is 6.54 Å². The Bertz CT molecular complexity index is 801. The second-order valence-corrected chi connectivity index (χ2v) is 7.40. The Labute approximate surface area is 164 Å². The number of carbonyl (C=O) groups excluding carboxylic acids is 1. The Balaban J connectivity index is 1.53. The van der Waals surface area contributed by atoms with Crippen molar-refractivity contribution in [1.29, 1.82) is 0 Å². The highest BCUT2D eigenvalue weighted by Gasteiger charge is 2.39. The molecule has 1 aromatic carbocycles. The van der Waals surface area contributed by atoms with Crippen molar-refractivity contribution in [2.45, 2.75) is 45.1 Å². The number of hydrogen-bond donors (Lipinski definition) is 2. The van der Waals surface area contributed by atoms with Crippen LogP contribution in [0, 0.1) is 5.41 Å². The van der Waals surface area contributed by atoms with E-state index in [1.165, 1.54) is 0 Å². The molecule has 0 bridgehead atoms. The topological polar surface area (TPSA) is 88.5 Å². The van der Waals surface area contributed by atoms with Crippen molar-refractivity contribution >= 4 is 11.9 Å². The molecule has 1 aliphatic carbocycles. The average Bonchev–Trinajstić information content (AvgIpc) is 2.72. The van der Waals surface area contributed by atoms with E-state index in [1.54, 1.807) is 12.4 Å². The molecule has 1 heterocycles. The van der Waals surface area contributed by atoms with Crippen LogP contribution in [0.4, 0.5) is 0 Å². The third kappa shape index (κ3) is 5.31. The number of hydrogen-bond acceptors (Lipinski definition) is 4. The van der Waals surface area contributed by atoms with Crippen molar-refractivity contribution in [3.05, 3.63) is 59.9 Å². The molecule has 3 rings (SSSR count). The first-order chi connectivity index (χ1) is 13.6. The number of carboxylic acids is 1. The fourth-order valence-corrected chi connectivity index (χ4v) is 3.61. The third-order valence-electron chi connectivity index (χ3n) is 5.28. The van der Waals surface area contributed by atoms with Crippen LogP contribution in [-0.2, 0) is 22.6 Å². The van der Waals surface area contributed by atoms with E-state index in [1.807, 2.05) is 36.4 Å². The number of aliphatic carboxylic acids is 1. The zero-order chi connectivity index (χ0) is 19.8. The molecule has 1 saturated carbocycles. The zero-order valence-electron chi connectivity index (χ0n) is 15.9. The van der Waals surface area contributed by atoms with Gasteiger partial charge in [0.05, 0.1) is 11.8 Å². The van der Waals surface area contributed by atoms with E-state index >= 15 is 0 Å². The Kier molecular flexibility index (Phi) is 6.63. The number of ether oxygens (including phenoxy) is 1. The third-order valence-corrected chi connectivity index (χ3v) is 5.28. The number of rotatable bonds is 8. The smallest absolute Gasteiger partial charge is 0.311 e. The molecule has 6 heteroatoms. The summed E-state index contributed by atoms with van der Waals surface area (Å²) in [4.78, 5) is 28.1.